The molecule has 3 heteroatoms. The highest BCUT2D eigenvalue weighted by Gasteiger charge is 2.24. The molecule has 1 aromatic rings. The zero-order chi connectivity index (χ0) is 17.3. The van der Waals surface area contributed by atoms with E-state index in [4.69, 9.17) is 5.11 Å². The number of unbranched alkanes of at least 4 members (excludes halogenated alkanes) is 3. The van der Waals surface area contributed by atoms with Gasteiger partial charge >= 0.3 is 5.97 Å². The summed E-state index contributed by atoms with van der Waals surface area (Å²) in [5, 5.41) is 9.56. The first-order valence-electron chi connectivity index (χ1n) is 9.23. The third-order valence-corrected chi connectivity index (χ3v) is 7.62. The third-order valence-electron chi connectivity index (χ3n) is 4.79. The van der Waals surface area contributed by atoms with E-state index < -0.39 is 5.97 Å². The first-order valence-corrected chi connectivity index (χ1v) is 10.7. The van der Waals surface area contributed by atoms with E-state index in [1.807, 2.05) is 0 Å². The van der Waals surface area contributed by atoms with Crippen LogP contribution in [0.3, 0.4) is 0 Å². The Morgan fingerprint density at radius 3 is 2.22 bits per heavy atom. The molecule has 2 nitrogen and oxygen atoms in total. The first kappa shape index (κ1) is 20.0. The summed E-state index contributed by atoms with van der Waals surface area (Å²) >= 11 is 0. The van der Waals surface area contributed by atoms with Crippen molar-refractivity contribution in [2.45, 2.75) is 83.2 Å². The Hall–Kier alpha value is -1.09. The molecule has 0 bridgehead atoms. The molecule has 130 valence electrons. The van der Waals surface area contributed by atoms with Crippen LogP contribution in [0.15, 0.2) is 24.3 Å². The molecule has 0 saturated carbocycles. The minimum atomic E-state index is -0.834. The molecule has 0 fully saturated rings. The standard InChI is InChI=1S/C20H34O2Si/c1-5-7-9-15-20(3,4)23-18(10-8-6-2)16-11-13-17(14-12-16)19(21)22/h11-14,18H,5-10,15,23H2,1-4H3,(H,21,22). The number of carboxylic acid groups (broad SMARTS) is 1. The first-order chi connectivity index (χ1) is 10.9. The summed E-state index contributed by atoms with van der Waals surface area (Å²) in [5.41, 5.74) is 2.43. The maximum atomic E-state index is 11.0. The quantitative estimate of drug-likeness (QED) is 0.424. The molecular formula is C20H34O2Si. The van der Waals surface area contributed by atoms with Crippen LogP contribution >= 0.6 is 0 Å². The van der Waals surface area contributed by atoms with Gasteiger partial charge in [0.25, 0.3) is 0 Å². The van der Waals surface area contributed by atoms with E-state index >= 15 is 0 Å². The van der Waals surface area contributed by atoms with Gasteiger partial charge < -0.3 is 5.11 Å². The summed E-state index contributed by atoms with van der Waals surface area (Å²) in [6.07, 6.45) is 9.06. The van der Waals surface area contributed by atoms with Gasteiger partial charge in [-0.15, -0.1) is 0 Å². The van der Waals surface area contributed by atoms with Crippen LogP contribution in [-0.2, 0) is 0 Å². The average molecular weight is 335 g/mol. The van der Waals surface area contributed by atoms with Crippen LogP contribution in [0, 0.1) is 0 Å². The lowest BCUT2D eigenvalue weighted by Gasteiger charge is -2.30. The summed E-state index contributed by atoms with van der Waals surface area (Å²) in [6, 6.07) is 7.65. The van der Waals surface area contributed by atoms with Crippen LogP contribution in [0.4, 0.5) is 0 Å². The SMILES string of the molecule is CCCCCC(C)(C)[SiH2]C(CCCC)c1ccc(C(=O)O)cc1. The minimum absolute atomic E-state index is 0.272. The molecule has 1 rings (SSSR count). The van der Waals surface area contributed by atoms with Gasteiger partial charge in [-0.3, -0.25) is 0 Å². The summed E-state index contributed by atoms with van der Waals surface area (Å²) in [5.74, 6) is -0.834. The number of carboxylic acids is 1. The molecule has 0 heterocycles. The van der Waals surface area contributed by atoms with Gasteiger partial charge in [0, 0.05) is 9.52 Å². The summed E-state index contributed by atoms with van der Waals surface area (Å²) in [6.45, 7) is 9.40. The smallest absolute Gasteiger partial charge is 0.335 e. The van der Waals surface area contributed by atoms with E-state index in [1.165, 1.54) is 50.5 Å². The van der Waals surface area contributed by atoms with E-state index in [1.54, 1.807) is 12.1 Å². The van der Waals surface area contributed by atoms with Gasteiger partial charge in [0.1, 0.15) is 0 Å². The lowest BCUT2D eigenvalue weighted by atomic mass is 10.0. The minimum Gasteiger partial charge on any atom is -0.478 e. The Kier molecular flexibility index (Phi) is 8.60. The zero-order valence-electron chi connectivity index (χ0n) is 15.4. The molecule has 1 N–H and O–H groups in total. The van der Waals surface area contributed by atoms with Gasteiger partial charge in [-0.2, -0.15) is 0 Å². The van der Waals surface area contributed by atoms with Gasteiger partial charge in [-0.25, -0.2) is 4.79 Å². The van der Waals surface area contributed by atoms with Crippen molar-refractivity contribution < 1.29 is 9.90 Å². The highest BCUT2D eigenvalue weighted by molar-refractivity contribution is 6.42. The monoisotopic (exact) mass is 334 g/mol. The number of rotatable bonds is 11. The molecule has 0 aliphatic carbocycles. The van der Waals surface area contributed by atoms with Crippen LogP contribution in [0.2, 0.25) is 5.04 Å². The maximum Gasteiger partial charge on any atom is 0.335 e. The fourth-order valence-corrected chi connectivity index (χ4v) is 6.15. The van der Waals surface area contributed by atoms with Gasteiger partial charge in [0.05, 0.1) is 5.56 Å². The summed E-state index contributed by atoms with van der Waals surface area (Å²) < 4.78 is 0. The second kappa shape index (κ2) is 9.92. The Morgan fingerprint density at radius 1 is 1.09 bits per heavy atom. The largest absolute Gasteiger partial charge is 0.478 e. The van der Waals surface area contributed by atoms with Crippen LogP contribution in [0.1, 0.15) is 94.1 Å². The van der Waals surface area contributed by atoms with Crippen molar-refractivity contribution in [3.63, 3.8) is 0 Å². The second-order valence-corrected chi connectivity index (χ2v) is 10.9. The second-order valence-electron chi connectivity index (χ2n) is 7.59. The number of hydrogen-bond acceptors (Lipinski definition) is 1. The predicted molar refractivity (Wildman–Crippen MR) is 102 cm³/mol. The van der Waals surface area contributed by atoms with Crippen molar-refractivity contribution in [2.24, 2.45) is 0 Å². The number of carbonyl (C=O) groups is 1. The molecule has 1 aromatic carbocycles. The van der Waals surface area contributed by atoms with Crippen molar-refractivity contribution in [2.75, 3.05) is 0 Å². The van der Waals surface area contributed by atoms with Crippen molar-refractivity contribution in [1.82, 2.24) is 0 Å². The van der Waals surface area contributed by atoms with E-state index in [2.05, 4.69) is 39.8 Å². The van der Waals surface area contributed by atoms with Gasteiger partial charge in [-0.1, -0.05) is 78.4 Å². The molecule has 1 unspecified atom stereocenters. The fraction of sp³-hybridized carbons (Fsp3) is 0.650. The molecule has 0 radical (unpaired) electrons. The molecule has 0 aromatic heterocycles. The highest BCUT2D eigenvalue weighted by atomic mass is 28.2. The highest BCUT2D eigenvalue weighted by Crippen LogP contribution is 2.37. The van der Waals surface area contributed by atoms with E-state index in [9.17, 15) is 4.79 Å². The van der Waals surface area contributed by atoms with E-state index in [-0.39, 0.29) is 9.52 Å². The average Bonchev–Trinajstić information content (AvgIpc) is 2.51. The molecule has 0 aliphatic heterocycles. The molecule has 1 atom stereocenters. The zero-order valence-corrected chi connectivity index (χ0v) is 16.8. The summed E-state index contributed by atoms with van der Waals surface area (Å²) in [4.78, 5) is 11.0. The maximum absolute atomic E-state index is 11.0. The third kappa shape index (κ3) is 7.34. The fourth-order valence-electron chi connectivity index (χ4n) is 3.36. The van der Waals surface area contributed by atoms with E-state index in [0.29, 0.717) is 16.1 Å². The van der Waals surface area contributed by atoms with Gasteiger partial charge in [0.2, 0.25) is 0 Å². The van der Waals surface area contributed by atoms with Crippen molar-refractivity contribution in [3.8, 4) is 0 Å². The molecule has 0 aliphatic rings. The Morgan fingerprint density at radius 2 is 1.70 bits per heavy atom. The topological polar surface area (TPSA) is 37.3 Å². The van der Waals surface area contributed by atoms with Crippen LogP contribution in [-0.4, -0.2) is 20.6 Å². The molecule has 23 heavy (non-hydrogen) atoms. The lowest BCUT2D eigenvalue weighted by molar-refractivity contribution is 0.0697. The Balaban J connectivity index is 2.80. The summed E-state index contributed by atoms with van der Waals surface area (Å²) in [7, 11) is -0.272. The normalized spacial score (nSPS) is 13.6. The number of benzene rings is 1. The van der Waals surface area contributed by atoms with Crippen LogP contribution in [0.25, 0.3) is 0 Å². The molecule has 0 spiro atoms. The van der Waals surface area contributed by atoms with E-state index in [0.717, 1.165) is 0 Å². The molecule has 0 amide bonds. The molecular weight excluding hydrogens is 300 g/mol. The number of aromatic carboxylic acids is 1. The Bertz CT molecular complexity index is 465. The van der Waals surface area contributed by atoms with Crippen molar-refractivity contribution in [1.29, 1.82) is 0 Å². The van der Waals surface area contributed by atoms with Gasteiger partial charge in [-0.05, 0) is 34.7 Å². The van der Waals surface area contributed by atoms with Gasteiger partial charge in [0.15, 0.2) is 0 Å². The lowest BCUT2D eigenvalue weighted by Crippen LogP contribution is -2.21. The Labute approximate surface area is 144 Å². The molecule has 0 saturated heterocycles. The predicted octanol–water partition coefficient (Wildman–Crippen LogP) is 5.56. The van der Waals surface area contributed by atoms with Crippen molar-refractivity contribution in [3.05, 3.63) is 35.4 Å². The van der Waals surface area contributed by atoms with Crippen LogP contribution in [0.5, 0.6) is 0 Å². The van der Waals surface area contributed by atoms with Crippen molar-refractivity contribution >= 4 is 15.5 Å². The van der Waals surface area contributed by atoms with Crippen LogP contribution < -0.4 is 0 Å². The number of hydrogen-bond donors (Lipinski definition) is 1.